The summed E-state index contributed by atoms with van der Waals surface area (Å²) in [6.45, 7) is 4.22. The quantitative estimate of drug-likeness (QED) is 0.826. The van der Waals surface area contributed by atoms with E-state index in [0.717, 1.165) is 57.6 Å². The number of piperidine rings is 1. The van der Waals surface area contributed by atoms with Gasteiger partial charge >= 0.3 is 0 Å². The van der Waals surface area contributed by atoms with Crippen LogP contribution < -0.4 is 5.56 Å². The summed E-state index contributed by atoms with van der Waals surface area (Å²) in [6, 6.07) is 5.07. The van der Waals surface area contributed by atoms with Gasteiger partial charge < -0.3 is 4.90 Å². The zero-order valence-corrected chi connectivity index (χ0v) is 15.5. The Labute approximate surface area is 157 Å². The molecule has 2 fully saturated rings. The van der Waals surface area contributed by atoms with Crippen molar-refractivity contribution in [2.45, 2.75) is 32.2 Å². The average molecular weight is 375 g/mol. The molecule has 0 saturated carbocycles. The van der Waals surface area contributed by atoms with E-state index in [9.17, 15) is 9.59 Å². The van der Waals surface area contributed by atoms with Crippen LogP contribution in [0.25, 0.3) is 5.65 Å². The zero-order chi connectivity index (χ0) is 18.1. The summed E-state index contributed by atoms with van der Waals surface area (Å²) in [6.07, 6.45) is 5.64. The van der Waals surface area contributed by atoms with Crippen LogP contribution in [0, 0.1) is 5.92 Å². The molecule has 0 aliphatic carbocycles. The Morgan fingerprint density at radius 2 is 1.88 bits per heavy atom. The van der Waals surface area contributed by atoms with E-state index in [-0.39, 0.29) is 11.5 Å². The van der Waals surface area contributed by atoms with E-state index in [1.165, 1.54) is 4.40 Å². The fourth-order valence-electron chi connectivity index (χ4n) is 3.97. The first-order valence-electron chi connectivity index (χ1n) is 9.29. The number of hydrogen-bond acceptors (Lipinski definition) is 4. The summed E-state index contributed by atoms with van der Waals surface area (Å²) in [5.74, 6) is 0.489. The Hall–Kier alpha value is -1.92. The molecule has 26 heavy (non-hydrogen) atoms. The van der Waals surface area contributed by atoms with Gasteiger partial charge in [0.15, 0.2) is 0 Å². The Morgan fingerprint density at radius 3 is 2.62 bits per heavy atom. The third kappa shape index (κ3) is 3.62. The first kappa shape index (κ1) is 17.5. The minimum absolute atomic E-state index is 0.119. The lowest BCUT2D eigenvalue weighted by Crippen LogP contribution is -2.41. The van der Waals surface area contributed by atoms with Gasteiger partial charge in [0.2, 0.25) is 5.91 Å². The van der Waals surface area contributed by atoms with Crippen LogP contribution in [0.5, 0.6) is 0 Å². The molecule has 4 heterocycles. The van der Waals surface area contributed by atoms with Crippen molar-refractivity contribution in [2.75, 3.05) is 26.2 Å². The second kappa shape index (κ2) is 7.37. The van der Waals surface area contributed by atoms with Crippen molar-refractivity contribution in [3.63, 3.8) is 0 Å². The van der Waals surface area contributed by atoms with Crippen LogP contribution in [0.4, 0.5) is 0 Å². The highest BCUT2D eigenvalue weighted by molar-refractivity contribution is 6.30. The molecule has 0 atom stereocenters. The van der Waals surface area contributed by atoms with Gasteiger partial charge in [0, 0.05) is 37.8 Å². The average Bonchev–Trinajstić information content (AvgIpc) is 3.17. The molecular weight excluding hydrogens is 352 g/mol. The Balaban J connectivity index is 1.40. The fraction of sp³-hybridized carbons (Fsp3) is 0.526. The highest BCUT2D eigenvalue weighted by Gasteiger charge is 2.29. The van der Waals surface area contributed by atoms with Crippen LogP contribution in [-0.2, 0) is 11.3 Å². The summed E-state index contributed by atoms with van der Waals surface area (Å²) in [4.78, 5) is 33.7. The summed E-state index contributed by atoms with van der Waals surface area (Å²) in [7, 11) is 0. The van der Waals surface area contributed by atoms with Gasteiger partial charge in [-0.15, -0.1) is 0 Å². The maximum atomic E-state index is 12.5. The monoisotopic (exact) mass is 374 g/mol. The minimum Gasteiger partial charge on any atom is -0.342 e. The molecule has 4 rings (SSSR count). The van der Waals surface area contributed by atoms with Gasteiger partial charge in [0.25, 0.3) is 5.56 Å². The molecule has 2 aromatic rings. The van der Waals surface area contributed by atoms with E-state index in [4.69, 9.17) is 11.6 Å². The van der Waals surface area contributed by atoms with Gasteiger partial charge in [-0.1, -0.05) is 11.6 Å². The highest BCUT2D eigenvalue weighted by atomic mass is 35.5. The molecule has 2 saturated heterocycles. The number of carbonyl (C=O) groups is 1. The minimum atomic E-state index is -0.119. The molecular formula is C19H23ClN4O2. The van der Waals surface area contributed by atoms with Crippen LogP contribution >= 0.6 is 11.6 Å². The molecule has 0 bridgehead atoms. The number of hydrogen-bond donors (Lipinski definition) is 0. The normalized spacial score (nSPS) is 19.3. The third-order valence-electron chi connectivity index (χ3n) is 5.42. The number of pyridine rings is 1. The van der Waals surface area contributed by atoms with Crippen LogP contribution in [0.3, 0.4) is 0 Å². The number of halogens is 1. The smallest absolute Gasteiger partial charge is 0.258 e. The molecule has 0 radical (unpaired) electrons. The summed E-state index contributed by atoms with van der Waals surface area (Å²) in [5.41, 5.74) is 1.25. The molecule has 2 aliphatic heterocycles. The van der Waals surface area contributed by atoms with Gasteiger partial charge in [-0.2, -0.15) is 0 Å². The number of carbonyl (C=O) groups excluding carboxylic acids is 1. The molecule has 138 valence electrons. The number of aromatic nitrogens is 2. The first-order valence-corrected chi connectivity index (χ1v) is 9.67. The SMILES string of the molecule is O=C(C1CCN(Cc2cc(=O)n3cc(Cl)ccc3n2)CC1)N1CCCC1. The summed E-state index contributed by atoms with van der Waals surface area (Å²) < 4.78 is 1.47. The Bertz CT molecular complexity index is 867. The van der Waals surface area contributed by atoms with Crippen molar-refractivity contribution in [2.24, 2.45) is 5.92 Å². The van der Waals surface area contributed by atoms with Crippen LogP contribution in [-0.4, -0.2) is 51.3 Å². The van der Waals surface area contributed by atoms with Crippen molar-refractivity contribution in [1.82, 2.24) is 19.2 Å². The molecule has 0 aromatic carbocycles. The highest BCUT2D eigenvalue weighted by Crippen LogP contribution is 2.23. The predicted octanol–water partition coefficient (Wildman–Crippen LogP) is 2.18. The number of rotatable bonds is 3. The second-order valence-electron chi connectivity index (χ2n) is 7.24. The lowest BCUT2D eigenvalue weighted by Gasteiger charge is -2.32. The lowest BCUT2D eigenvalue weighted by atomic mass is 9.95. The molecule has 2 aromatic heterocycles. The van der Waals surface area contributed by atoms with E-state index in [1.807, 2.05) is 4.90 Å². The van der Waals surface area contributed by atoms with Crippen molar-refractivity contribution in [1.29, 1.82) is 0 Å². The number of fused-ring (bicyclic) bond motifs is 1. The summed E-state index contributed by atoms with van der Waals surface area (Å²) in [5, 5.41) is 0.513. The van der Waals surface area contributed by atoms with E-state index in [1.54, 1.807) is 24.4 Å². The van der Waals surface area contributed by atoms with Crippen molar-refractivity contribution < 1.29 is 4.79 Å². The summed E-state index contributed by atoms with van der Waals surface area (Å²) >= 11 is 5.95. The molecule has 1 amide bonds. The lowest BCUT2D eigenvalue weighted by molar-refractivity contribution is -0.136. The van der Waals surface area contributed by atoms with Gasteiger partial charge in [0.1, 0.15) is 5.65 Å². The standard InChI is InChI=1S/C19H23ClN4O2/c20-15-3-4-17-21-16(11-18(25)24(17)12-15)13-22-9-5-14(6-10-22)19(26)23-7-1-2-8-23/h3-4,11-12,14H,1-2,5-10,13H2. The molecule has 0 N–H and O–H groups in total. The molecule has 7 heteroatoms. The van der Waals surface area contributed by atoms with E-state index >= 15 is 0 Å². The fourth-order valence-corrected chi connectivity index (χ4v) is 4.13. The zero-order valence-electron chi connectivity index (χ0n) is 14.7. The first-order chi connectivity index (χ1) is 12.6. The third-order valence-corrected chi connectivity index (χ3v) is 5.64. The topological polar surface area (TPSA) is 57.9 Å². The maximum absolute atomic E-state index is 12.5. The van der Waals surface area contributed by atoms with Gasteiger partial charge in [-0.3, -0.25) is 18.9 Å². The van der Waals surface area contributed by atoms with Crippen LogP contribution in [0.1, 0.15) is 31.4 Å². The number of nitrogens with zero attached hydrogens (tertiary/aromatic N) is 4. The Kier molecular flexibility index (Phi) is 4.96. The van der Waals surface area contributed by atoms with Crippen LogP contribution in [0.15, 0.2) is 29.2 Å². The van der Waals surface area contributed by atoms with Crippen LogP contribution in [0.2, 0.25) is 5.02 Å². The van der Waals surface area contributed by atoms with Gasteiger partial charge in [-0.25, -0.2) is 4.98 Å². The van der Waals surface area contributed by atoms with Gasteiger partial charge in [0.05, 0.1) is 10.7 Å². The molecule has 6 nitrogen and oxygen atoms in total. The number of amides is 1. The van der Waals surface area contributed by atoms with E-state index < -0.39 is 0 Å². The van der Waals surface area contributed by atoms with Gasteiger partial charge in [-0.05, 0) is 50.9 Å². The van der Waals surface area contributed by atoms with E-state index in [0.29, 0.717) is 23.1 Å². The maximum Gasteiger partial charge on any atom is 0.258 e. The predicted molar refractivity (Wildman–Crippen MR) is 100 cm³/mol. The largest absolute Gasteiger partial charge is 0.342 e. The molecule has 2 aliphatic rings. The number of likely N-dealkylation sites (tertiary alicyclic amines) is 2. The van der Waals surface area contributed by atoms with Crippen molar-refractivity contribution in [3.05, 3.63) is 45.5 Å². The molecule has 0 spiro atoms. The Morgan fingerprint density at radius 1 is 1.15 bits per heavy atom. The van der Waals surface area contributed by atoms with E-state index in [2.05, 4.69) is 9.88 Å². The second-order valence-corrected chi connectivity index (χ2v) is 7.68. The van der Waals surface area contributed by atoms with Crippen molar-refractivity contribution >= 4 is 23.2 Å². The van der Waals surface area contributed by atoms with Crippen molar-refractivity contribution in [3.8, 4) is 0 Å². The molecule has 0 unspecified atom stereocenters.